The third-order valence-corrected chi connectivity index (χ3v) is 4.94. The first kappa shape index (κ1) is 12.5. The van der Waals surface area contributed by atoms with Crippen molar-refractivity contribution in [3.63, 3.8) is 0 Å². The number of anilines is 1. The summed E-state index contributed by atoms with van der Waals surface area (Å²) in [6, 6.07) is 2.28. The van der Waals surface area contributed by atoms with Crippen molar-refractivity contribution in [1.82, 2.24) is 19.7 Å². The Balaban J connectivity index is 1.68. The average molecular weight is 308 g/mol. The van der Waals surface area contributed by atoms with Crippen LogP contribution in [0.3, 0.4) is 0 Å². The van der Waals surface area contributed by atoms with Crippen LogP contribution in [0.5, 0.6) is 0 Å². The summed E-state index contributed by atoms with van der Waals surface area (Å²) in [4.78, 5) is 4.29. The Hall–Kier alpha value is -1.27. The van der Waals surface area contributed by atoms with E-state index in [1.54, 1.807) is 12.3 Å². The molecule has 20 heavy (non-hydrogen) atoms. The van der Waals surface area contributed by atoms with Crippen molar-refractivity contribution in [2.75, 3.05) is 5.73 Å². The minimum Gasteiger partial charge on any atom is -0.397 e. The lowest BCUT2D eigenvalue weighted by molar-refractivity contribution is 0.626. The highest BCUT2D eigenvalue weighted by Gasteiger charge is 2.36. The normalized spacial score (nSPS) is 18.4. The SMILES string of the molecule is Nc1cnc(Sc2nnc(C3CC3)n2C2CC2)c(Cl)c1. The molecular weight excluding hydrogens is 294 g/mol. The van der Waals surface area contributed by atoms with E-state index in [4.69, 9.17) is 17.3 Å². The molecule has 4 rings (SSSR count). The molecule has 0 aliphatic heterocycles. The topological polar surface area (TPSA) is 69.6 Å². The predicted octanol–water partition coefficient (Wildman–Crippen LogP) is 3.27. The maximum absolute atomic E-state index is 6.19. The summed E-state index contributed by atoms with van der Waals surface area (Å²) in [5.41, 5.74) is 6.24. The van der Waals surface area contributed by atoms with Gasteiger partial charge >= 0.3 is 0 Å². The molecule has 5 nitrogen and oxygen atoms in total. The van der Waals surface area contributed by atoms with Gasteiger partial charge in [-0.2, -0.15) is 0 Å². The highest BCUT2D eigenvalue weighted by Crippen LogP contribution is 2.47. The molecule has 0 radical (unpaired) electrons. The number of nitrogens with two attached hydrogens (primary N) is 1. The number of hydrogen-bond donors (Lipinski definition) is 1. The first-order chi connectivity index (χ1) is 9.72. The molecule has 0 atom stereocenters. The van der Waals surface area contributed by atoms with Gasteiger partial charge in [-0.3, -0.25) is 0 Å². The zero-order chi connectivity index (χ0) is 13.7. The van der Waals surface area contributed by atoms with Gasteiger partial charge in [-0.25, -0.2) is 4.98 Å². The van der Waals surface area contributed by atoms with Crippen LogP contribution in [0, 0.1) is 0 Å². The quantitative estimate of drug-likeness (QED) is 0.938. The van der Waals surface area contributed by atoms with Crippen LogP contribution in [-0.4, -0.2) is 19.7 Å². The molecule has 2 N–H and O–H groups in total. The monoisotopic (exact) mass is 307 g/mol. The molecule has 2 aromatic heterocycles. The van der Waals surface area contributed by atoms with Gasteiger partial charge in [-0.05, 0) is 43.5 Å². The molecule has 2 fully saturated rings. The smallest absolute Gasteiger partial charge is 0.197 e. The Morgan fingerprint density at radius 1 is 1.25 bits per heavy atom. The molecule has 2 heterocycles. The number of hydrogen-bond acceptors (Lipinski definition) is 5. The molecule has 0 saturated heterocycles. The molecule has 0 spiro atoms. The number of nitrogens with zero attached hydrogens (tertiary/aromatic N) is 4. The van der Waals surface area contributed by atoms with Crippen molar-refractivity contribution in [2.24, 2.45) is 0 Å². The van der Waals surface area contributed by atoms with Gasteiger partial charge in [0.25, 0.3) is 0 Å². The van der Waals surface area contributed by atoms with E-state index in [0.717, 1.165) is 16.0 Å². The van der Waals surface area contributed by atoms with Crippen molar-refractivity contribution in [3.05, 3.63) is 23.1 Å². The van der Waals surface area contributed by atoms with E-state index < -0.39 is 0 Å². The van der Waals surface area contributed by atoms with Crippen molar-refractivity contribution < 1.29 is 0 Å². The van der Waals surface area contributed by atoms with E-state index in [-0.39, 0.29) is 0 Å². The number of pyridine rings is 1. The molecule has 0 bridgehead atoms. The van der Waals surface area contributed by atoms with Gasteiger partial charge in [0.2, 0.25) is 0 Å². The standard InChI is InChI=1S/C13H14ClN5S/c14-10-5-8(15)6-16-12(10)20-13-18-17-11(7-1-2-7)19(13)9-3-4-9/h5-7,9H,1-4,15H2. The van der Waals surface area contributed by atoms with E-state index >= 15 is 0 Å². The van der Waals surface area contributed by atoms with Crippen molar-refractivity contribution in [3.8, 4) is 0 Å². The molecule has 0 unspecified atom stereocenters. The molecule has 104 valence electrons. The number of halogens is 1. The largest absolute Gasteiger partial charge is 0.397 e. The third-order valence-electron chi connectivity index (χ3n) is 3.56. The molecule has 2 aliphatic rings. The highest BCUT2D eigenvalue weighted by molar-refractivity contribution is 7.99. The van der Waals surface area contributed by atoms with Crippen LogP contribution in [0.15, 0.2) is 22.4 Å². The second-order valence-electron chi connectivity index (χ2n) is 5.37. The minimum absolute atomic E-state index is 0.563. The molecule has 2 aromatic rings. The Labute approximate surface area is 125 Å². The molecule has 0 aromatic carbocycles. The van der Waals surface area contributed by atoms with Crippen molar-refractivity contribution in [1.29, 1.82) is 0 Å². The van der Waals surface area contributed by atoms with Crippen molar-refractivity contribution in [2.45, 2.75) is 47.8 Å². The van der Waals surface area contributed by atoms with Crippen LogP contribution in [0.2, 0.25) is 5.02 Å². The summed E-state index contributed by atoms with van der Waals surface area (Å²) in [6.07, 6.45) is 6.52. The maximum atomic E-state index is 6.19. The van der Waals surface area contributed by atoms with Crippen LogP contribution in [0.1, 0.15) is 43.5 Å². The summed E-state index contributed by atoms with van der Waals surface area (Å²) in [6.45, 7) is 0. The van der Waals surface area contributed by atoms with E-state index in [1.165, 1.54) is 37.4 Å². The fraction of sp³-hybridized carbons (Fsp3) is 0.462. The van der Waals surface area contributed by atoms with E-state index in [2.05, 4.69) is 19.7 Å². The van der Waals surface area contributed by atoms with Gasteiger partial charge in [0.15, 0.2) is 5.16 Å². The average Bonchev–Trinajstić information content (AvgIpc) is 3.31. The fourth-order valence-corrected chi connectivity index (χ4v) is 3.40. The number of rotatable bonds is 4. The Bertz CT molecular complexity index is 663. The first-order valence-electron chi connectivity index (χ1n) is 6.76. The zero-order valence-corrected chi connectivity index (χ0v) is 12.4. The zero-order valence-electron chi connectivity index (χ0n) is 10.8. The maximum Gasteiger partial charge on any atom is 0.197 e. The first-order valence-corrected chi connectivity index (χ1v) is 7.95. The van der Waals surface area contributed by atoms with Gasteiger partial charge in [0.1, 0.15) is 10.9 Å². The molecular formula is C13H14ClN5S. The Morgan fingerprint density at radius 2 is 2.05 bits per heavy atom. The summed E-state index contributed by atoms with van der Waals surface area (Å²) in [7, 11) is 0. The molecule has 0 amide bonds. The fourth-order valence-electron chi connectivity index (χ4n) is 2.26. The molecule has 2 aliphatic carbocycles. The van der Waals surface area contributed by atoms with Crippen LogP contribution in [0.25, 0.3) is 0 Å². The summed E-state index contributed by atoms with van der Waals surface area (Å²) < 4.78 is 2.29. The van der Waals surface area contributed by atoms with Crippen LogP contribution in [0.4, 0.5) is 5.69 Å². The lowest BCUT2D eigenvalue weighted by atomic mass is 10.4. The predicted molar refractivity (Wildman–Crippen MR) is 78.1 cm³/mol. The summed E-state index contributed by atoms with van der Waals surface area (Å²) in [5.74, 6) is 1.74. The van der Waals surface area contributed by atoms with Crippen LogP contribution in [-0.2, 0) is 0 Å². The van der Waals surface area contributed by atoms with Gasteiger partial charge in [0.05, 0.1) is 16.9 Å². The Kier molecular flexibility index (Phi) is 2.89. The minimum atomic E-state index is 0.563. The van der Waals surface area contributed by atoms with Gasteiger partial charge < -0.3 is 10.3 Å². The van der Waals surface area contributed by atoms with E-state index in [0.29, 0.717) is 22.7 Å². The van der Waals surface area contributed by atoms with Crippen LogP contribution >= 0.6 is 23.4 Å². The Morgan fingerprint density at radius 3 is 2.70 bits per heavy atom. The van der Waals surface area contributed by atoms with Crippen LogP contribution < -0.4 is 5.73 Å². The number of aromatic nitrogens is 4. The van der Waals surface area contributed by atoms with Gasteiger partial charge in [-0.1, -0.05) is 11.6 Å². The van der Waals surface area contributed by atoms with Gasteiger partial charge in [-0.15, -0.1) is 10.2 Å². The summed E-state index contributed by atoms with van der Waals surface area (Å²) in [5, 5.41) is 10.9. The lowest BCUT2D eigenvalue weighted by Crippen LogP contribution is -2.02. The van der Waals surface area contributed by atoms with Crippen molar-refractivity contribution >= 4 is 29.1 Å². The molecule has 2 saturated carbocycles. The summed E-state index contributed by atoms with van der Waals surface area (Å²) >= 11 is 7.66. The van der Waals surface area contributed by atoms with E-state index in [9.17, 15) is 0 Å². The third kappa shape index (κ3) is 2.27. The molecule has 7 heteroatoms. The second kappa shape index (κ2) is 4.63. The van der Waals surface area contributed by atoms with Gasteiger partial charge in [0, 0.05) is 12.0 Å². The lowest BCUT2D eigenvalue weighted by Gasteiger charge is -2.08. The second-order valence-corrected chi connectivity index (χ2v) is 6.74. The van der Waals surface area contributed by atoms with E-state index in [1.807, 2.05) is 0 Å². The highest BCUT2D eigenvalue weighted by atomic mass is 35.5. The number of nitrogen functional groups attached to an aromatic ring is 1.